The van der Waals surface area contributed by atoms with Crippen molar-refractivity contribution in [3.8, 4) is 16.9 Å². The molecular weight excluding hydrogens is 374 g/mol. The number of benzene rings is 1. The number of aryl methyl sites for hydroxylation is 2. The predicted octanol–water partition coefficient (Wildman–Crippen LogP) is 2.92. The van der Waals surface area contributed by atoms with E-state index in [1.54, 1.807) is 16.8 Å². The first-order valence-electron chi connectivity index (χ1n) is 9.94. The number of hydrogen-bond acceptors (Lipinski definition) is 5. The molecule has 8 heteroatoms. The Hall–Kier alpha value is -1.90. The highest BCUT2D eigenvalue weighted by Crippen LogP contribution is 2.38. The van der Waals surface area contributed by atoms with E-state index in [1.807, 2.05) is 48.6 Å². The van der Waals surface area contributed by atoms with Gasteiger partial charge in [-0.05, 0) is 53.7 Å². The van der Waals surface area contributed by atoms with Crippen LogP contribution in [0.15, 0.2) is 12.1 Å². The van der Waals surface area contributed by atoms with Crippen LogP contribution in [0.25, 0.3) is 11.1 Å². The van der Waals surface area contributed by atoms with E-state index in [0.29, 0.717) is 30.0 Å². The molecule has 2 aromatic rings. The normalized spacial score (nSPS) is 20.8. The van der Waals surface area contributed by atoms with Crippen molar-refractivity contribution in [3.05, 3.63) is 29.3 Å². The standard InChI is InChI=1S/C21H28BFN2O4/c1-12-18(13(2)25(7)24-12)16-8-14(27-15-10-26-11-15)9-17(19(16)23)22-28-20(3,4)21(5,6)29-22/h8-9,15H,10-11H2,1-7H3. The van der Waals surface area contributed by atoms with Gasteiger partial charge >= 0.3 is 7.12 Å². The van der Waals surface area contributed by atoms with E-state index >= 15 is 4.39 Å². The first kappa shape index (κ1) is 20.4. The van der Waals surface area contributed by atoms with Crippen LogP contribution in [0.5, 0.6) is 5.75 Å². The van der Waals surface area contributed by atoms with Gasteiger partial charge in [0.25, 0.3) is 0 Å². The van der Waals surface area contributed by atoms with E-state index in [9.17, 15) is 0 Å². The number of ether oxygens (including phenoxy) is 2. The van der Waals surface area contributed by atoms with Crippen molar-refractivity contribution < 1.29 is 23.2 Å². The van der Waals surface area contributed by atoms with E-state index in [-0.39, 0.29) is 11.9 Å². The lowest BCUT2D eigenvalue weighted by atomic mass is 9.77. The van der Waals surface area contributed by atoms with E-state index in [2.05, 4.69) is 5.10 Å². The summed E-state index contributed by atoms with van der Waals surface area (Å²) in [5.74, 6) is 0.196. The zero-order valence-corrected chi connectivity index (χ0v) is 18.1. The van der Waals surface area contributed by atoms with Crippen molar-refractivity contribution in [1.29, 1.82) is 0 Å². The maximum Gasteiger partial charge on any atom is 0.498 e. The second-order valence-corrected chi connectivity index (χ2v) is 8.91. The second kappa shape index (κ2) is 6.82. The molecular formula is C21H28BFN2O4. The Morgan fingerprint density at radius 1 is 1.14 bits per heavy atom. The summed E-state index contributed by atoms with van der Waals surface area (Å²) in [7, 11) is 1.03. The lowest BCUT2D eigenvalue weighted by Gasteiger charge is -2.32. The molecule has 0 atom stereocenters. The fourth-order valence-electron chi connectivity index (χ4n) is 3.65. The Kier molecular flexibility index (Phi) is 4.80. The molecule has 6 nitrogen and oxygen atoms in total. The van der Waals surface area contributed by atoms with Crippen LogP contribution in [-0.2, 0) is 21.1 Å². The summed E-state index contributed by atoms with van der Waals surface area (Å²) < 4.78 is 41.1. The van der Waals surface area contributed by atoms with Gasteiger partial charge in [0, 0.05) is 29.3 Å². The van der Waals surface area contributed by atoms with Gasteiger partial charge in [-0.15, -0.1) is 0 Å². The molecule has 2 saturated heterocycles. The van der Waals surface area contributed by atoms with Crippen molar-refractivity contribution in [3.63, 3.8) is 0 Å². The van der Waals surface area contributed by atoms with Gasteiger partial charge in [0.15, 0.2) is 0 Å². The summed E-state index contributed by atoms with van der Waals surface area (Å²) in [6, 6.07) is 3.42. The number of halogens is 1. The Bertz CT molecular complexity index is 937. The van der Waals surface area contributed by atoms with E-state index in [1.165, 1.54) is 0 Å². The van der Waals surface area contributed by atoms with Crippen LogP contribution in [0.1, 0.15) is 39.1 Å². The molecule has 0 bridgehead atoms. The average Bonchev–Trinajstić information content (AvgIpc) is 2.95. The maximum absolute atomic E-state index is 15.8. The molecule has 0 spiro atoms. The molecule has 0 aliphatic carbocycles. The van der Waals surface area contributed by atoms with E-state index < -0.39 is 18.3 Å². The molecule has 0 radical (unpaired) electrons. The zero-order valence-electron chi connectivity index (χ0n) is 18.1. The monoisotopic (exact) mass is 402 g/mol. The Labute approximate surface area is 171 Å². The van der Waals surface area contributed by atoms with Gasteiger partial charge in [-0.25, -0.2) is 4.39 Å². The summed E-state index contributed by atoms with van der Waals surface area (Å²) in [6.07, 6.45) is -0.0319. The van der Waals surface area contributed by atoms with E-state index in [4.69, 9.17) is 18.8 Å². The molecule has 0 amide bonds. The van der Waals surface area contributed by atoms with Crippen LogP contribution in [-0.4, -0.2) is 47.4 Å². The second-order valence-electron chi connectivity index (χ2n) is 8.91. The largest absolute Gasteiger partial charge is 0.498 e. The quantitative estimate of drug-likeness (QED) is 0.737. The zero-order chi connectivity index (χ0) is 21.1. The number of nitrogens with zero attached hydrogens (tertiary/aromatic N) is 2. The molecule has 4 rings (SSSR count). The van der Waals surface area contributed by atoms with Gasteiger partial charge in [0.1, 0.15) is 17.7 Å². The van der Waals surface area contributed by atoms with E-state index in [0.717, 1.165) is 17.0 Å². The molecule has 1 aromatic heterocycles. The SMILES string of the molecule is Cc1nn(C)c(C)c1-c1cc(OC2COC2)cc(B2OC(C)(C)C(C)(C)O2)c1F. The minimum absolute atomic E-state index is 0.0319. The molecule has 29 heavy (non-hydrogen) atoms. The van der Waals surface area contributed by atoms with Crippen molar-refractivity contribution in [1.82, 2.24) is 9.78 Å². The van der Waals surface area contributed by atoms with Crippen LogP contribution in [0.3, 0.4) is 0 Å². The van der Waals surface area contributed by atoms with Crippen LogP contribution in [0.2, 0.25) is 0 Å². The van der Waals surface area contributed by atoms with Crippen molar-refractivity contribution in [2.45, 2.75) is 58.8 Å². The molecule has 2 fully saturated rings. The minimum atomic E-state index is -0.822. The highest BCUT2D eigenvalue weighted by atomic mass is 19.1. The lowest BCUT2D eigenvalue weighted by molar-refractivity contribution is -0.0796. The molecule has 0 saturated carbocycles. The predicted molar refractivity (Wildman–Crippen MR) is 109 cm³/mol. The highest BCUT2D eigenvalue weighted by molar-refractivity contribution is 6.62. The minimum Gasteiger partial charge on any atom is -0.486 e. The average molecular weight is 402 g/mol. The summed E-state index contributed by atoms with van der Waals surface area (Å²) in [5, 5.41) is 4.45. The lowest BCUT2D eigenvalue weighted by Crippen LogP contribution is -2.41. The molecule has 1 aromatic carbocycles. The third kappa shape index (κ3) is 3.37. The number of rotatable bonds is 4. The topological polar surface area (TPSA) is 54.7 Å². The molecule has 0 N–H and O–H groups in total. The first-order chi connectivity index (χ1) is 13.5. The Morgan fingerprint density at radius 3 is 2.24 bits per heavy atom. The summed E-state index contributed by atoms with van der Waals surface area (Å²) in [5.41, 5.74) is 2.04. The summed E-state index contributed by atoms with van der Waals surface area (Å²) >= 11 is 0. The highest BCUT2D eigenvalue weighted by Gasteiger charge is 2.52. The molecule has 156 valence electrons. The van der Waals surface area contributed by atoms with Crippen LogP contribution < -0.4 is 10.2 Å². The first-order valence-corrected chi connectivity index (χ1v) is 9.94. The number of hydrogen-bond donors (Lipinski definition) is 0. The van der Waals surface area contributed by atoms with Gasteiger partial charge in [0.2, 0.25) is 0 Å². The van der Waals surface area contributed by atoms with Gasteiger partial charge < -0.3 is 18.8 Å². The third-order valence-corrected chi connectivity index (χ3v) is 6.27. The fraction of sp³-hybridized carbons (Fsp3) is 0.571. The smallest absolute Gasteiger partial charge is 0.486 e. The summed E-state index contributed by atoms with van der Waals surface area (Å²) in [4.78, 5) is 0. The Balaban J connectivity index is 1.83. The summed E-state index contributed by atoms with van der Waals surface area (Å²) in [6.45, 7) is 12.7. The fourth-order valence-corrected chi connectivity index (χ4v) is 3.65. The molecule has 2 aliphatic rings. The molecule has 2 aliphatic heterocycles. The van der Waals surface area contributed by atoms with Crippen molar-refractivity contribution >= 4 is 12.6 Å². The Morgan fingerprint density at radius 2 is 1.76 bits per heavy atom. The maximum atomic E-state index is 15.8. The van der Waals surface area contributed by atoms with Gasteiger partial charge in [-0.3, -0.25) is 4.68 Å². The van der Waals surface area contributed by atoms with Gasteiger partial charge in [-0.1, -0.05) is 0 Å². The van der Waals surface area contributed by atoms with Gasteiger partial charge in [-0.2, -0.15) is 5.10 Å². The molecule has 0 unspecified atom stereocenters. The number of aromatic nitrogens is 2. The van der Waals surface area contributed by atoms with Crippen LogP contribution in [0.4, 0.5) is 4.39 Å². The third-order valence-electron chi connectivity index (χ3n) is 6.27. The van der Waals surface area contributed by atoms with Gasteiger partial charge in [0.05, 0.1) is 30.1 Å². The van der Waals surface area contributed by atoms with Crippen LogP contribution >= 0.6 is 0 Å². The van der Waals surface area contributed by atoms with Crippen LogP contribution in [0, 0.1) is 19.7 Å². The van der Waals surface area contributed by atoms with Crippen molar-refractivity contribution in [2.24, 2.45) is 7.05 Å². The molecule has 3 heterocycles. The van der Waals surface area contributed by atoms with Crippen molar-refractivity contribution in [2.75, 3.05) is 13.2 Å².